The Labute approximate surface area is 112 Å². The summed E-state index contributed by atoms with van der Waals surface area (Å²) in [4.78, 5) is 20.5. The standard InChI is InChI=1S/C11H20N6O2/c1-4-12-11-14-8-9(17(18)19)10(15-11)13-6-5-7-16(2)3/h8H,4-7H2,1-3H3,(H2,12,13,14,15). The zero-order valence-corrected chi connectivity index (χ0v) is 11.5. The van der Waals surface area contributed by atoms with E-state index in [1.54, 1.807) is 0 Å². The van der Waals surface area contributed by atoms with Crippen molar-refractivity contribution in [3.63, 3.8) is 0 Å². The summed E-state index contributed by atoms with van der Waals surface area (Å²) in [6, 6.07) is 0. The lowest BCUT2D eigenvalue weighted by Gasteiger charge is -2.11. The number of nitro groups is 1. The fourth-order valence-corrected chi connectivity index (χ4v) is 1.48. The molecule has 0 unspecified atom stereocenters. The van der Waals surface area contributed by atoms with Crippen LogP contribution in [0.4, 0.5) is 17.5 Å². The van der Waals surface area contributed by atoms with E-state index in [1.807, 2.05) is 21.0 Å². The minimum atomic E-state index is -0.482. The fourth-order valence-electron chi connectivity index (χ4n) is 1.48. The monoisotopic (exact) mass is 268 g/mol. The largest absolute Gasteiger partial charge is 0.364 e. The Kier molecular flexibility index (Phi) is 5.94. The van der Waals surface area contributed by atoms with E-state index in [4.69, 9.17) is 0 Å². The molecule has 8 heteroatoms. The number of rotatable bonds is 8. The highest BCUT2D eigenvalue weighted by atomic mass is 16.6. The first kappa shape index (κ1) is 15.1. The predicted octanol–water partition coefficient (Wildman–Crippen LogP) is 1.18. The lowest BCUT2D eigenvalue weighted by molar-refractivity contribution is -0.384. The molecule has 0 fully saturated rings. The average Bonchev–Trinajstić information content (AvgIpc) is 2.34. The van der Waals surface area contributed by atoms with Crippen LogP contribution in [0.1, 0.15) is 13.3 Å². The quantitative estimate of drug-likeness (QED) is 0.415. The van der Waals surface area contributed by atoms with E-state index in [1.165, 1.54) is 6.20 Å². The van der Waals surface area contributed by atoms with Gasteiger partial charge in [0, 0.05) is 13.1 Å². The van der Waals surface area contributed by atoms with Gasteiger partial charge < -0.3 is 15.5 Å². The van der Waals surface area contributed by atoms with Crippen LogP contribution in [0.15, 0.2) is 6.20 Å². The fraction of sp³-hybridized carbons (Fsp3) is 0.636. The van der Waals surface area contributed by atoms with Crippen molar-refractivity contribution in [3.8, 4) is 0 Å². The number of nitrogens with one attached hydrogen (secondary N) is 2. The van der Waals surface area contributed by atoms with Crippen molar-refractivity contribution < 1.29 is 4.92 Å². The average molecular weight is 268 g/mol. The van der Waals surface area contributed by atoms with E-state index in [-0.39, 0.29) is 11.5 Å². The third-order valence-electron chi connectivity index (χ3n) is 2.38. The van der Waals surface area contributed by atoms with Crippen LogP contribution in [0, 0.1) is 10.1 Å². The number of nitrogens with zero attached hydrogens (tertiary/aromatic N) is 4. The van der Waals surface area contributed by atoms with Crippen LogP contribution < -0.4 is 10.6 Å². The highest BCUT2D eigenvalue weighted by Gasteiger charge is 2.16. The molecule has 0 bridgehead atoms. The molecular weight excluding hydrogens is 248 g/mol. The van der Waals surface area contributed by atoms with Crippen LogP contribution in [0.3, 0.4) is 0 Å². The summed E-state index contributed by atoms with van der Waals surface area (Å²) < 4.78 is 0. The van der Waals surface area contributed by atoms with Crippen molar-refractivity contribution in [2.45, 2.75) is 13.3 Å². The van der Waals surface area contributed by atoms with Gasteiger partial charge in [-0.25, -0.2) is 4.98 Å². The second-order valence-electron chi connectivity index (χ2n) is 4.30. The highest BCUT2D eigenvalue weighted by molar-refractivity contribution is 5.56. The van der Waals surface area contributed by atoms with E-state index in [0.717, 1.165) is 13.0 Å². The minimum Gasteiger partial charge on any atom is -0.364 e. The number of hydrogen-bond acceptors (Lipinski definition) is 7. The van der Waals surface area contributed by atoms with Gasteiger partial charge in [0.25, 0.3) is 0 Å². The zero-order valence-electron chi connectivity index (χ0n) is 11.5. The van der Waals surface area contributed by atoms with Gasteiger partial charge in [-0.15, -0.1) is 0 Å². The maximum Gasteiger partial charge on any atom is 0.329 e. The van der Waals surface area contributed by atoms with Crippen molar-refractivity contribution >= 4 is 17.5 Å². The van der Waals surface area contributed by atoms with Crippen LogP contribution >= 0.6 is 0 Å². The van der Waals surface area contributed by atoms with Crippen LogP contribution in [0.25, 0.3) is 0 Å². The van der Waals surface area contributed by atoms with Gasteiger partial charge >= 0.3 is 5.69 Å². The Hall–Kier alpha value is -1.96. The van der Waals surface area contributed by atoms with E-state index < -0.39 is 4.92 Å². The minimum absolute atomic E-state index is 0.105. The number of aromatic nitrogens is 2. The van der Waals surface area contributed by atoms with Gasteiger partial charge in [0.1, 0.15) is 6.20 Å². The van der Waals surface area contributed by atoms with Gasteiger partial charge in [-0.2, -0.15) is 4.98 Å². The van der Waals surface area contributed by atoms with E-state index in [2.05, 4.69) is 25.5 Å². The Bertz CT molecular complexity index is 424. The molecule has 0 aliphatic heterocycles. The first-order valence-corrected chi connectivity index (χ1v) is 6.18. The Balaban J connectivity index is 2.71. The molecule has 19 heavy (non-hydrogen) atoms. The van der Waals surface area contributed by atoms with E-state index in [0.29, 0.717) is 19.0 Å². The van der Waals surface area contributed by atoms with E-state index >= 15 is 0 Å². The first-order chi connectivity index (χ1) is 9.04. The van der Waals surface area contributed by atoms with Crippen LogP contribution in [0.5, 0.6) is 0 Å². The van der Waals surface area contributed by atoms with Crippen molar-refractivity contribution in [1.29, 1.82) is 0 Å². The van der Waals surface area contributed by atoms with Gasteiger partial charge in [0.15, 0.2) is 0 Å². The summed E-state index contributed by atoms with van der Waals surface area (Å²) in [7, 11) is 3.97. The molecule has 0 aromatic carbocycles. The summed E-state index contributed by atoms with van der Waals surface area (Å²) in [6.45, 7) is 4.11. The predicted molar refractivity (Wildman–Crippen MR) is 74.5 cm³/mol. The van der Waals surface area contributed by atoms with Gasteiger partial charge in [0.05, 0.1) is 4.92 Å². The van der Waals surface area contributed by atoms with E-state index in [9.17, 15) is 10.1 Å². The second-order valence-corrected chi connectivity index (χ2v) is 4.30. The first-order valence-electron chi connectivity index (χ1n) is 6.18. The smallest absolute Gasteiger partial charge is 0.329 e. The summed E-state index contributed by atoms with van der Waals surface area (Å²) in [5, 5.41) is 16.8. The van der Waals surface area contributed by atoms with Crippen molar-refractivity contribution in [2.24, 2.45) is 0 Å². The van der Waals surface area contributed by atoms with Gasteiger partial charge in [-0.3, -0.25) is 10.1 Å². The van der Waals surface area contributed by atoms with Crippen molar-refractivity contribution in [2.75, 3.05) is 44.4 Å². The third kappa shape index (κ3) is 5.04. The van der Waals surface area contributed by atoms with Crippen molar-refractivity contribution in [3.05, 3.63) is 16.3 Å². The molecule has 0 spiro atoms. The maximum atomic E-state index is 10.9. The molecule has 1 heterocycles. The molecule has 8 nitrogen and oxygen atoms in total. The number of anilines is 2. The van der Waals surface area contributed by atoms with Crippen LogP contribution in [-0.2, 0) is 0 Å². The Morgan fingerprint density at radius 2 is 2.16 bits per heavy atom. The topological polar surface area (TPSA) is 96.2 Å². The summed E-state index contributed by atoms with van der Waals surface area (Å²) in [6.07, 6.45) is 2.10. The molecule has 0 atom stereocenters. The normalized spacial score (nSPS) is 10.5. The number of hydrogen-bond donors (Lipinski definition) is 2. The Morgan fingerprint density at radius 1 is 1.42 bits per heavy atom. The summed E-state index contributed by atoms with van der Waals surface area (Å²) in [5.74, 6) is 0.651. The Morgan fingerprint density at radius 3 is 2.74 bits per heavy atom. The second kappa shape index (κ2) is 7.47. The molecule has 0 amide bonds. The molecule has 0 radical (unpaired) electrons. The molecular formula is C11H20N6O2. The molecule has 0 saturated carbocycles. The molecule has 1 aromatic heterocycles. The molecule has 1 rings (SSSR count). The zero-order chi connectivity index (χ0) is 14.3. The lowest BCUT2D eigenvalue weighted by atomic mass is 10.4. The molecule has 106 valence electrons. The molecule has 0 aliphatic carbocycles. The summed E-state index contributed by atoms with van der Waals surface area (Å²) >= 11 is 0. The summed E-state index contributed by atoms with van der Waals surface area (Å²) in [5.41, 5.74) is -0.105. The van der Waals surface area contributed by atoms with Crippen molar-refractivity contribution in [1.82, 2.24) is 14.9 Å². The molecule has 1 aromatic rings. The molecule has 0 aliphatic rings. The lowest BCUT2D eigenvalue weighted by Crippen LogP contribution is -2.17. The molecule has 0 saturated heterocycles. The van der Waals surface area contributed by atoms with Gasteiger partial charge in [-0.05, 0) is 34.0 Å². The van der Waals surface area contributed by atoms with Crippen LogP contribution in [-0.4, -0.2) is 53.5 Å². The van der Waals surface area contributed by atoms with Gasteiger partial charge in [0.2, 0.25) is 11.8 Å². The SMILES string of the molecule is CCNc1ncc([N+](=O)[O-])c(NCCCN(C)C)n1. The third-order valence-corrected chi connectivity index (χ3v) is 2.38. The maximum absolute atomic E-state index is 10.9. The van der Waals surface area contributed by atoms with Gasteiger partial charge in [-0.1, -0.05) is 0 Å². The highest BCUT2D eigenvalue weighted by Crippen LogP contribution is 2.21. The van der Waals surface area contributed by atoms with Crippen LogP contribution in [0.2, 0.25) is 0 Å². The molecule has 2 N–H and O–H groups in total.